The Bertz CT molecular complexity index is 901. The van der Waals surface area contributed by atoms with E-state index in [1.54, 1.807) is 49.8 Å². The zero-order valence-corrected chi connectivity index (χ0v) is 13.0. The number of methoxy groups -OCH3 is 1. The normalized spacial score (nSPS) is 11.0. The molecule has 3 aromatic rings. The Hall–Kier alpha value is -3.00. The highest BCUT2D eigenvalue weighted by atomic mass is 16.5. The highest BCUT2D eigenvalue weighted by molar-refractivity contribution is 6.42. The maximum absolute atomic E-state index is 9.09. The number of nitrogens with one attached hydrogen (secondary N) is 1. The molecule has 2 heterocycles. The van der Waals surface area contributed by atoms with Crippen molar-refractivity contribution in [3.8, 4) is 23.1 Å². The Morgan fingerprint density at radius 2 is 2.08 bits per heavy atom. The van der Waals surface area contributed by atoms with Crippen molar-refractivity contribution in [2.45, 2.75) is 5.21 Å². The van der Waals surface area contributed by atoms with Gasteiger partial charge >= 0.3 is 0 Å². The number of ether oxygens (including phenoxy) is 1. The first-order valence-corrected chi connectivity index (χ1v) is 7.19. The third-order valence-electron chi connectivity index (χ3n) is 3.74. The van der Waals surface area contributed by atoms with Crippen molar-refractivity contribution in [3.63, 3.8) is 0 Å². The fraction of sp³-hybridized carbons (Fsp3) is 0.118. The summed E-state index contributed by atoms with van der Waals surface area (Å²) < 4.78 is 5.39. The van der Waals surface area contributed by atoms with E-state index in [9.17, 15) is 0 Å². The molecule has 112 valence electrons. The second-order valence-electron chi connectivity index (χ2n) is 5.30. The number of pyridine rings is 1. The van der Waals surface area contributed by atoms with Gasteiger partial charge in [-0.3, -0.25) is 5.10 Å². The summed E-state index contributed by atoms with van der Waals surface area (Å²) >= 11 is 0. The van der Waals surface area contributed by atoms with E-state index in [1.165, 1.54) is 0 Å². The summed E-state index contributed by atoms with van der Waals surface area (Å²) in [5, 5.41) is 14.4. The molecule has 5 nitrogen and oxygen atoms in total. The maximum atomic E-state index is 9.09. The van der Waals surface area contributed by atoms with Gasteiger partial charge in [-0.05, 0) is 35.0 Å². The van der Waals surface area contributed by atoms with E-state index in [4.69, 9.17) is 25.7 Å². The molecule has 0 unspecified atom stereocenters. The molecule has 1 N–H and O–H groups in total. The van der Waals surface area contributed by atoms with Gasteiger partial charge in [-0.25, -0.2) is 4.98 Å². The van der Waals surface area contributed by atoms with Crippen LogP contribution in [0.15, 0.2) is 48.8 Å². The van der Waals surface area contributed by atoms with Crippen LogP contribution in [0.3, 0.4) is 0 Å². The fourth-order valence-corrected chi connectivity index (χ4v) is 2.41. The van der Waals surface area contributed by atoms with Crippen LogP contribution in [0.5, 0.6) is 5.75 Å². The summed E-state index contributed by atoms with van der Waals surface area (Å²) in [7, 11) is 14.1. The number of aromatic amines is 1. The fourth-order valence-electron chi connectivity index (χ4n) is 2.41. The monoisotopic (exact) mass is 310 g/mol. The molecule has 7 heteroatoms. The first kappa shape index (κ1) is 15.9. The first-order chi connectivity index (χ1) is 11.6. The molecule has 0 saturated carbocycles. The zero-order chi connectivity index (χ0) is 17.2. The SMILES string of the molecule is [B]C([B])(c1cn[nH]c1)c1ccc(OC)c(-c2cccc(C#N)c2)n1. The lowest BCUT2D eigenvalue weighted by atomic mass is 9.50. The Labute approximate surface area is 142 Å². The predicted molar refractivity (Wildman–Crippen MR) is 91.8 cm³/mol. The highest BCUT2D eigenvalue weighted by Gasteiger charge is 2.26. The van der Waals surface area contributed by atoms with Crippen molar-refractivity contribution in [2.24, 2.45) is 0 Å². The molecule has 3 rings (SSSR count). The van der Waals surface area contributed by atoms with E-state index >= 15 is 0 Å². The highest BCUT2D eigenvalue weighted by Crippen LogP contribution is 2.32. The summed E-state index contributed by atoms with van der Waals surface area (Å²) in [4.78, 5) is 4.59. The quantitative estimate of drug-likeness (QED) is 0.747. The Morgan fingerprint density at radius 1 is 1.25 bits per heavy atom. The summed E-state index contributed by atoms with van der Waals surface area (Å²) in [6.45, 7) is 0. The molecule has 0 aliphatic carbocycles. The van der Waals surface area contributed by atoms with Gasteiger partial charge in [0.05, 0.1) is 40.6 Å². The van der Waals surface area contributed by atoms with Crippen LogP contribution in [0, 0.1) is 11.3 Å². The molecule has 0 aliphatic rings. The minimum atomic E-state index is -1.30. The van der Waals surface area contributed by atoms with E-state index in [0.29, 0.717) is 28.3 Å². The number of nitrogens with zero attached hydrogens (tertiary/aromatic N) is 3. The van der Waals surface area contributed by atoms with Crippen LogP contribution in [-0.2, 0) is 5.21 Å². The van der Waals surface area contributed by atoms with Crippen LogP contribution in [0.4, 0.5) is 0 Å². The third kappa shape index (κ3) is 2.79. The average Bonchev–Trinajstić information content (AvgIpc) is 3.16. The van der Waals surface area contributed by atoms with Crippen molar-refractivity contribution >= 4 is 15.7 Å². The maximum Gasteiger partial charge on any atom is 0.145 e. The number of benzene rings is 1. The molecule has 2 aromatic heterocycles. The number of rotatable bonds is 4. The standard InChI is InChI=1S/C17H12B2N4O/c1-24-14-5-6-15(17(18,19)13-9-21-22-10-13)23-16(14)12-4-2-3-11(7-12)8-20/h2-7,9-10H,1H3,(H,21,22). The lowest BCUT2D eigenvalue weighted by molar-refractivity contribution is 0.414. The van der Waals surface area contributed by atoms with Gasteiger partial charge in [0.1, 0.15) is 11.4 Å². The minimum Gasteiger partial charge on any atom is -0.494 e. The topological polar surface area (TPSA) is 74.6 Å². The van der Waals surface area contributed by atoms with E-state index in [2.05, 4.69) is 21.3 Å². The lowest BCUT2D eigenvalue weighted by Crippen LogP contribution is -2.29. The van der Waals surface area contributed by atoms with Gasteiger partial charge in [0.15, 0.2) is 0 Å². The van der Waals surface area contributed by atoms with Crippen molar-refractivity contribution in [1.29, 1.82) is 5.26 Å². The van der Waals surface area contributed by atoms with E-state index in [1.807, 2.05) is 6.07 Å². The molecule has 1 aromatic carbocycles. The van der Waals surface area contributed by atoms with Gasteiger partial charge < -0.3 is 4.74 Å². The van der Waals surface area contributed by atoms with Crippen LogP contribution in [0.2, 0.25) is 0 Å². The molecule has 0 atom stereocenters. The molecule has 24 heavy (non-hydrogen) atoms. The van der Waals surface area contributed by atoms with Gasteiger partial charge in [-0.1, -0.05) is 12.1 Å². The smallest absolute Gasteiger partial charge is 0.145 e. The van der Waals surface area contributed by atoms with Crippen LogP contribution in [-0.4, -0.2) is 38.0 Å². The van der Waals surface area contributed by atoms with Crippen molar-refractivity contribution < 1.29 is 4.74 Å². The summed E-state index contributed by atoms with van der Waals surface area (Å²) in [5.41, 5.74) is 2.91. The third-order valence-corrected chi connectivity index (χ3v) is 3.74. The lowest BCUT2D eigenvalue weighted by Gasteiger charge is -2.25. The molecule has 0 amide bonds. The van der Waals surface area contributed by atoms with Crippen LogP contribution >= 0.6 is 0 Å². The molecule has 0 spiro atoms. The summed E-state index contributed by atoms with van der Waals surface area (Å²) in [6.07, 6.45) is 3.18. The van der Waals surface area contributed by atoms with Gasteiger partial charge in [-0.15, -0.1) is 0 Å². The number of nitriles is 1. The van der Waals surface area contributed by atoms with Crippen molar-refractivity contribution in [2.75, 3.05) is 7.11 Å². The van der Waals surface area contributed by atoms with Gasteiger partial charge in [-0.2, -0.15) is 10.4 Å². The molecule has 4 radical (unpaired) electrons. The van der Waals surface area contributed by atoms with Crippen molar-refractivity contribution in [1.82, 2.24) is 15.2 Å². The molecule has 0 saturated heterocycles. The van der Waals surface area contributed by atoms with E-state index < -0.39 is 5.21 Å². The van der Waals surface area contributed by atoms with Gasteiger partial charge in [0.2, 0.25) is 0 Å². The summed E-state index contributed by atoms with van der Waals surface area (Å²) in [6, 6.07) is 12.7. The van der Waals surface area contributed by atoms with Gasteiger partial charge in [0.25, 0.3) is 0 Å². The number of H-pyrrole nitrogens is 1. The van der Waals surface area contributed by atoms with E-state index in [-0.39, 0.29) is 0 Å². The molecule has 0 fully saturated rings. The molecule has 0 bridgehead atoms. The summed E-state index contributed by atoms with van der Waals surface area (Å²) in [5.74, 6) is 0.567. The molecular formula is C17H12B2N4O. The second kappa shape index (κ2) is 6.25. The predicted octanol–water partition coefficient (Wildman–Crippen LogP) is 1.89. The Morgan fingerprint density at radius 3 is 2.75 bits per heavy atom. The number of hydrogen-bond donors (Lipinski definition) is 1. The van der Waals surface area contributed by atoms with Crippen LogP contribution in [0.1, 0.15) is 16.8 Å². The molecular weight excluding hydrogens is 298 g/mol. The van der Waals surface area contributed by atoms with Crippen LogP contribution < -0.4 is 4.74 Å². The second-order valence-corrected chi connectivity index (χ2v) is 5.30. The molecule has 0 aliphatic heterocycles. The van der Waals surface area contributed by atoms with Crippen molar-refractivity contribution in [3.05, 3.63) is 65.6 Å². The Balaban J connectivity index is 2.14. The Kier molecular flexibility index (Phi) is 4.13. The zero-order valence-electron chi connectivity index (χ0n) is 13.0. The van der Waals surface area contributed by atoms with Gasteiger partial charge in [0, 0.05) is 17.5 Å². The van der Waals surface area contributed by atoms with Crippen LogP contribution in [0.25, 0.3) is 11.3 Å². The number of aromatic nitrogens is 3. The van der Waals surface area contributed by atoms with E-state index in [0.717, 1.165) is 5.56 Å². The minimum absolute atomic E-state index is 0.460. The first-order valence-electron chi connectivity index (χ1n) is 7.19. The number of hydrogen-bond acceptors (Lipinski definition) is 4. The largest absolute Gasteiger partial charge is 0.494 e. The average molecular weight is 310 g/mol.